The van der Waals surface area contributed by atoms with Crippen LogP contribution in [0.5, 0.6) is 0 Å². The molecule has 1 aliphatic heterocycles. The number of hydrogen-bond acceptors (Lipinski definition) is 15. The Morgan fingerprint density at radius 3 is 2.35 bits per heavy atom. The van der Waals surface area contributed by atoms with E-state index in [2.05, 4.69) is 39.2 Å². The van der Waals surface area contributed by atoms with Crippen LogP contribution in [-0.2, 0) is 42.1 Å². The minimum atomic E-state index is -4.25. The van der Waals surface area contributed by atoms with Crippen molar-refractivity contribution < 1.29 is 51.7 Å². The highest BCUT2D eigenvalue weighted by molar-refractivity contribution is 7.54. The summed E-state index contributed by atoms with van der Waals surface area (Å²) in [5, 5.41) is 3.53. The number of amides is 1. The summed E-state index contributed by atoms with van der Waals surface area (Å²) in [6, 6.07) is 0.311. The number of methoxy groups -OCH3 is 2. The molecular weight excluding hydrogens is 615 g/mol. The van der Waals surface area contributed by atoms with E-state index in [1.165, 1.54) is 11.9 Å². The molecule has 1 saturated carbocycles. The molecule has 0 aromatic carbocycles. The summed E-state index contributed by atoms with van der Waals surface area (Å²) in [5.41, 5.74) is 1.13. The monoisotopic (exact) mass is 648 g/mol. The van der Waals surface area contributed by atoms with Gasteiger partial charge in [-0.25, -0.2) is 14.6 Å². The lowest BCUT2D eigenvalue weighted by molar-refractivity contribution is -0.129. The van der Waals surface area contributed by atoms with Crippen molar-refractivity contribution >= 4 is 54.4 Å². The number of fused-ring (bicyclic) bond motifs is 1. The number of carbonyl (C=O) groups excluding carboxylic acids is 3. The molecule has 0 radical (unpaired) electrons. The molecule has 19 heteroatoms. The molecule has 0 spiro atoms. The fraction of sp³-hybridized carbons (Fsp3) is 0.667. The van der Waals surface area contributed by atoms with Gasteiger partial charge in [-0.1, -0.05) is 12.8 Å². The predicted molar refractivity (Wildman–Crippen MR) is 148 cm³/mol. The topological polar surface area (TPSA) is 192 Å². The lowest BCUT2D eigenvalue weighted by Crippen LogP contribution is -2.36. The van der Waals surface area contributed by atoms with Gasteiger partial charge in [-0.2, -0.15) is 9.97 Å². The SMILES string of the molecule is COC(=O)OCOP(=O)(CC(=O)N(C)C[C@@H]1CC[C@H](n2cnc3c(NC4CCCC4)nc(Cl)nc32)O1)OCOC(=O)OC. The molecule has 1 N–H and O–H groups in total. The molecule has 0 bridgehead atoms. The van der Waals surface area contributed by atoms with E-state index in [9.17, 15) is 18.9 Å². The number of aromatic nitrogens is 4. The second-order valence-electron chi connectivity index (χ2n) is 9.82. The number of likely N-dealkylation sites (N-methyl/N-ethyl adjacent to an activating group) is 1. The van der Waals surface area contributed by atoms with Crippen LogP contribution in [0, 0.1) is 0 Å². The van der Waals surface area contributed by atoms with Crippen molar-refractivity contribution in [3.8, 4) is 0 Å². The van der Waals surface area contributed by atoms with Gasteiger partial charge in [-0.05, 0) is 37.3 Å². The van der Waals surface area contributed by atoms with Gasteiger partial charge >= 0.3 is 19.9 Å². The summed E-state index contributed by atoms with van der Waals surface area (Å²) in [4.78, 5) is 49.9. The Labute approximate surface area is 251 Å². The number of nitrogens with zero attached hydrogens (tertiary/aromatic N) is 5. The normalized spacial score (nSPS) is 18.9. The lowest BCUT2D eigenvalue weighted by atomic mass is 10.2. The average molecular weight is 649 g/mol. The van der Waals surface area contributed by atoms with Crippen LogP contribution in [0.4, 0.5) is 15.4 Å². The number of rotatable bonds is 13. The van der Waals surface area contributed by atoms with Crippen molar-refractivity contribution in [3.05, 3.63) is 11.6 Å². The van der Waals surface area contributed by atoms with Crippen LogP contribution in [0.25, 0.3) is 11.2 Å². The number of anilines is 1. The van der Waals surface area contributed by atoms with Crippen molar-refractivity contribution in [2.24, 2.45) is 0 Å². The second-order valence-corrected chi connectivity index (χ2v) is 12.2. The van der Waals surface area contributed by atoms with Gasteiger partial charge in [0.2, 0.25) is 24.8 Å². The molecule has 2 aromatic heterocycles. The summed E-state index contributed by atoms with van der Waals surface area (Å²) in [6.07, 6.45) is 3.57. The van der Waals surface area contributed by atoms with Crippen molar-refractivity contribution in [1.29, 1.82) is 0 Å². The van der Waals surface area contributed by atoms with Gasteiger partial charge in [0.15, 0.2) is 17.0 Å². The molecule has 1 saturated heterocycles. The molecule has 1 amide bonds. The van der Waals surface area contributed by atoms with E-state index in [-0.39, 0.29) is 17.9 Å². The van der Waals surface area contributed by atoms with Crippen LogP contribution in [-0.4, -0.2) is 102 Å². The maximum atomic E-state index is 13.2. The van der Waals surface area contributed by atoms with Crippen LogP contribution < -0.4 is 5.32 Å². The first-order chi connectivity index (χ1) is 20.6. The van der Waals surface area contributed by atoms with Crippen LogP contribution in [0.1, 0.15) is 44.8 Å². The Kier molecular flexibility index (Phi) is 11.4. The summed E-state index contributed by atoms with van der Waals surface area (Å²) in [5.74, 6) is -0.0369. The van der Waals surface area contributed by atoms with Gasteiger partial charge < -0.3 is 33.9 Å². The molecule has 2 aliphatic rings. The smallest absolute Gasteiger partial charge is 0.438 e. The van der Waals surface area contributed by atoms with E-state index < -0.39 is 51.8 Å². The first-order valence-electron chi connectivity index (χ1n) is 13.5. The average Bonchev–Trinajstić information content (AvgIpc) is 3.74. The third-order valence-electron chi connectivity index (χ3n) is 6.90. The zero-order valence-corrected chi connectivity index (χ0v) is 25.6. The highest BCUT2D eigenvalue weighted by atomic mass is 35.5. The van der Waals surface area contributed by atoms with Crippen LogP contribution in [0.15, 0.2) is 6.33 Å². The third-order valence-corrected chi connectivity index (χ3v) is 8.73. The minimum Gasteiger partial charge on any atom is -0.438 e. The summed E-state index contributed by atoms with van der Waals surface area (Å²) in [6.45, 7) is -1.52. The molecule has 2 fully saturated rings. The second kappa shape index (κ2) is 15.0. The van der Waals surface area contributed by atoms with Crippen molar-refractivity contribution in [2.45, 2.75) is 56.9 Å². The van der Waals surface area contributed by atoms with Crippen LogP contribution in [0.2, 0.25) is 5.28 Å². The van der Waals surface area contributed by atoms with Crippen LogP contribution >= 0.6 is 19.2 Å². The molecule has 43 heavy (non-hydrogen) atoms. The van der Waals surface area contributed by atoms with E-state index in [4.69, 9.17) is 25.4 Å². The van der Waals surface area contributed by atoms with E-state index in [0.717, 1.165) is 39.9 Å². The maximum absolute atomic E-state index is 13.2. The molecule has 2 aromatic rings. The largest absolute Gasteiger partial charge is 0.510 e. The highest BCUT2D eigenvalue weighted by Gasteiger charge is 2.34. The molecule has 3 heterocycles. The van der Waals surface area contributed by atoms with E-state index in [1.807, 2.05) is 0 Å². The minimum absolute atomic E-state index is 0.0949. The van der Waals surface area contributed by atoms with E-state index in [1.54, 1.807) is 10.9 Å². The molecule has 2 atom stereocenters. The van der Waals surface area contributed by atoms with Gasteiger partial charge in [0.25, 0.3) is 0 Å². The number of imidazole rings is 1. The number of halogens is 1. The molecule has 17 nitrogen and oxygen atoms in total. The summed E-state index contributed by atoms with van der Waals surface area (Å²) in [7, 11) is -0.610. The first kappa shape index (κ1) is 32.7. The number of nitrogens with one attached hydrogen (secondary N) is 1. The Hall–Kier alpha value is -3.24. The van der Waals surface area contributed by atoms with Gasteiger partial charge in [0.05, 0.1) is 26.7 Å². The summed E-state index contributed by atoms with van der Waals surface area (Å²) >= 11 is 6.25. The molecule has 238 valence electrons. The molecule has 1 aliphatic carbocycles. The standard InChI is InChI=1S/C24H34ClN6O11P/c1-30(17(32)11-43(35,40-13-38-23(33)36-2)41-14-39-24(34)37-3)10-16-8-9-18(42-16)31-12-26-19-20(27-15-6-4-5-7-15)28-22(25)29-21(19)31/h12,15-16,18H,4-11,13-14H2,1-3H3,(H,27,28,29)/t16-,18+/m0/s1. The molecular formula is C24H34ClN6O11P. The zero-order chi connectivity index (χ0) is 31.0. The fourth-order valence-corrected chi connectivity index (χ4v) is 6.16. The molecule has 0 unspecified atom stereocenters. The maximum Gasteiger partial charge on any atom is 0.510 e. The van der Waals surface area contributed by atoms with Gasteiger partial charge in [-0.3, -0.25) is 23.0 Å². The Morgan fingerprint density at radius 2 is 1.72 bits per heavy atom. The Balaban J connectivity index is 1.35. The Morgan fingerprint density at radius 1 is 1.07 bits per heavy atom. The predicted octanol–water partition coefficient (Wildman–Crippen LogP) is 3.68. The van der Waals surface area contributed by atoms with Crippen molar-refractivity contribution in [3.63, 3.8) is 0 Å². The lowest BCUT2D eigenvalue weighted by Gasteiger charge is -2.24. The number of hydrogen-bond donors (Lipinski definition) is 1. The van der Waals surface area contributed by atoms with E-state index >= 15 is 0 Å². The van der Waals surface area contributed by atoms with E-state index in [0.29, 0.717) is 35.9 Å². The highest BCUT2D eigenvalue weighted by Crippen LogP contribution is 2.48. The quantitative estimate of drug-likeness (QED) is 0.143. The van der Waals surface area contributed by atoms with Gasteiger partial charge in [0.1, 0.15) is 12.4 Å². The van der Waals surface area contributed by atoms with Gasteiger partial charge in [-0.15, -0.1) is 0 Å². The van der Waals surface area contributed by atoms with Crippen LogP contribution in [0.3, 0.4) is 0 Å². The van der Waals surface area contributed by atoms with Crippen molar-refractivity contribution in [2.75, 3.05) is 52.9 Å². The van der Waals surface area contributed by atoms with Gasteiger partial charge in [0, 0.05) is 19.6 Å². The van der Waals surface area contributed by atoms with Crippen molar-refractivity contribution in [1.82, 2.24) is 24.4 Å². The fourth-order valence-electron chi connectivity index (χ4n) is 4.74. The third kappa shape index (κ3) is 8.89. The number of ether oxygens (including phenoxy) is 5. The first-order valence-corrected chi connectivity index (χ1v) is 15.6. The Bertz CT molecular complexity index is 1310. The summed E-state index contributed by atoms with van der Waals surface area (Å²) < 4.78 is 49.0. The zero-order valence-electron chi connectivity index (χ0n) is 23.9. The number of carbonyl (C=O) groups is 3. The molecule has 4 rings (SSSR count).